The Kier molecular flexibility index (Phi) is 5.78. The van der Waals surface area contributed by atoms with Gasteiger partial charge in [-0.2, -0.15) is 0 Å². The second kappa shape index (κ2) is 7.11. The summed E-state index contributed by atoms with van der Waals surface area (Å²) in [6, 6.07) is 0.469. The smallest absolute Gasteiger partial charge is 0.225 e. The van der Waals surface area contributed by atoms with Crippen LogP contribution in [0.3, 0.4) is 0 Å². The second-order valence-electron chi connectivity index (χ2n) is 4.64. The summed E-state index contributed by atoms with van der Waals surface area (Å²) in [5, 5.41) is 3.38. The van der Waals surface area contributed by atoms with Gasteiger partial charge in [-0.3, -0.25) is 0 Å². The topological polar surface area (TPSA) is 41.1 Å². The summed E-state index contributed by atoms with van der Waals surface area (Å²) in [7, 11) is 0. The van der Waals surface area contributed by atoms with Gasteiger partial charge < -0.3 is 10.2 Å². The van der Waals surface area contributed by atoms with E-state index in [9.17, 15) is 0 Å². The zero-order valence-corrected chi connectivity index (χ0v) is 11.9. The zero-order chi connectivity index (χ0) is 13.5. The first kappa shape index (κ1) is 14.6. The van der Waals surface area contributed by atoms with Crippen molar-refractivity contribution >= 4 is 5.95 Å². The minimum absolute atomic E-state index is 0.469. The fourth-order valence-electron chi connectivity index (χ4n) is 1.63. The molecule has 4 heteroatoms. The molecule has 0 radical (unpaired) electrons. The Morgan fingerprint density at radius 2 is 2.22 bits per heavy atom. The molecule has 0 atom stereocenters. The number of nitrogens with one attached hydrogen (secondary N) is 1. The molecule has 0 aromatic carbocycles. The number of hydrogen-bond donors (Lipinski definition) is 1. The Hall–Kier alpha value is -1.42. The predicted molar refractivity (Wildman–Crippen MR) is 76.8 cm³/mol. The van der Waals surface area contributed by atoms with E-state index in [0.717, 1.165) is 36.8 Å². The van der Waals surface area contributed by atoms with E-state index in [0.29, 0.717) is 6.04 Å². The third kappa shape index (κ3) is 4.11. The summed E-state index contributed by atoms with van der Waals surface area (Å²) in [6.07, 6.45) is 3.79. The van der Waals surface area contributed by atoms with E-state index in [1.165, 1.54) is 0 Å². The molecule has 0 fully saturated rings. The first-order valence-electron chi connectivity index (χ1n) is 6.50. The maximum Gasteiger partial charge on any atom is 0.225 e. The van der Waals surface area contributed by atoms with Crippen LogP contribution in [0.1, 0.15) is 32.0 Å². The molecular weight excluding hydrogens is 224 g/mol. The fourth-order valence-corrected chi connectivity index (χ4v) is 1.63. The molecule has 1 aromatic rings. The molecule has 1 aromatic heterocycles. The monoisotopic (exact) mass is 248 g/mol. The Bertz CT molecular complexity index is 387. The first-order valence-corrected chi connectivity index (χ1v) is 6.50. The van der Waals surface area contributed by atoms with E-state index in [2.05, 4.69) is 47.5 Å². The van der Waals surface area contributed by atoms with Crippen LogP contribution in [-0.2, 0) is 6.54 Å². The fraction of sp³-hybridized carbons (Fsp3) is 0.571. The quantitative estimate of drug-likeness (QED) is 0.752. The van der Waals surface area contributed by atoms with Gasteiger partial charge in [-0.1, -0.05) is 19.9 Å². The van der Waals surface area contributed by atoms with Crippen LogP contribution in [0.2, 0.25) is 0 Å². The molecule has 0 unspecified atom stereocenters. The van der Waals surface area contributed by atoms with E-state index < -0.39 is 0 Å². The SMILES string of the molecule is C=CCN(CC)c1ncc(CNC(C)C)c(C)n1. The molecule has 0 aliphatic rings. The van der Waals surface area contributed by atoms with Crippen LogP contribution in [-0.4, -0.2) is 29.1 Å². The molecule has 18 heavy (non-hydrogen) atoms. The lowest BCUT2D eigenvalue weighted by Gasteiger charge is -2.19. The Balaban J connectivity index is 2.80. The normalized spacial score (nSPS) is 10.7. The van der Waals surface area contributed by atoms with E-state index in [1.807, 2.05) is 19.2 Å². The van der Waals surface area contributed by atoms with Crippen molar-refractivity contribution in [3.63, 3.8) is 0 Å². The van der Waals surface area contributed by atoms with Gasteiger partial charge in [0.2, 0.25) is 5.95 Å². The highest BCUT2D eigenvalue weighted by molar-refractivity contribution is 5.33. The minimum atomic E-state index is 0.469. The van der Waals surface area contributed by atoms with Crippen LogP contribution in [0.4, 0.5) is 5.95 Å². The van der Waals surface area contributed by atoms with Crippen molar-refractivity contribution in [1.29, 1.82) is 0 Å². The van der Waals surface area contributed by atoms with Crippen LogP contribution in [0.25, 0.3) is 0 Å². The van der Waals surface area contributed by atoms with Crippen molar-refractivity contribution < 1.29 is 0 Å². The standard InChI is InChI=1S/C14H24N4/c1-6-8-18(7-2)14-16-10-13(12(5)17-14)9-15-11(3)4/h6,10-11,15H,1,7-9H2,2-5H3. The van der Waals surface area contributed by atoms with Gasteiger partial charge in [-0.15, -0.1) is 6.58 Å². The minimum Gasteiger partial charge on any atom is -0.337 e. The van der Waals surface area contributed by atoms with Crippen LogP contribution in [0.15, 0.2) is 18.9 Å². The van der Waals surface area contributed by atoms with Crippen LogP contribution in [0.5, 0.6) is 0 Å². The number of likely N-dealkylation sites (N-methyl/N-ethyl adjacent to an activating group) is 1. The third-order valence-corrected chi connectivity index (χ3v) is 2.78. The molecule has 0 aliphatic heterocycles. The van der Waals surface area contributed by atoms with Crippen molar-refractivity contribution in [3.05, 3.63) is 30.1 Å². The van der Waals surface area contributed by atoms with Crippen molar-refractivity contribution in [2.45, 2.75) is 40.3 Å². The van der Waals surface area contributed by atoms with E-state index >= 15 is 0 Å². The number of aromatic nitrogens is 2. The summed E-state index contributed by atoms with van der Waals surface area (Å²) < 4.78 is 0. The van der Waals surface area contributed by atoms with E-state index in [4.69, 9.17) is 0 Å². The van der Waals surface area contributed by atoms with Crippen LogP contribution in [0, 0.1) is 6.92 Å². The van der Waals surface area contributed by atoms with Crippen molar-refractivity contribution in [3.8, 4) is 0 Å². The Morgan fingerprint density at radius 1 is 1.50 bits per heavy atom. The molecule has 0 aliphatic carbocycles. The molecule has 0 amide bonds. The van der Waals surface area contributed by atoms with Gasteiger partial charge in [0, 0.05) is 43.1 Å². The number of nitrogens with zero attached hydrogens (tertiary/aromatic N) is 3. The average molecular weight is 248 g/mol. The number of hydrogen-bond acceptors (Lipinski definition) is 4. The maximum absolute atomic E-state index is 4.57. The van der Waals surface area contributed by atoms with Gasteiger partial charge in [0.15, 0.2) is 0 Å². The predicted octanol–water partition coefficient (Wildman–Crippen LogP) is 2.30. The lowest BCUT2D eigenvalue weighted by Crippen LogP contribution is -2.26. The summed E-state index contributed by atoms with van der Waals surface area (Å²) in [6.45, 7) is 14.6. The van der Waals surface area contributed by atoms with Gasteiger partial charge in [0.1, 0.15) is 0 Å². The summed E-state index contributed by atoms with van der Waals surface area (Å²) >= 11 is 0. The first-order chi connectivity index (χ1) is 8.58. The molecule has 100 valence electrons. The molecule has 0 spiro atoms. The number of aryl methyl sites for hydroxylation is 1. The molecule has 0 saturated heterocycles. The highest BCUT2D eigenvalue weighted by Gasteiger charge is 2.08. The zero-order valence-electron chi connectivity index (χ0n) is 11.9. The van der Waals surface area contributed by atoms with Gasteiger partial charge >= 0.3 is 0 Å². The molecule has 1 rings (SSSR count). The summed E-state index contributed by atoms with van der Waals surface area (Å²) in [5.41, 5.74) is 2.19. The van der Waals surface area contributed by atoms with Gasteiger partial charge in [-0.05, 0) is 13.8 Å². The maximum atomic E-state index is 4.57. The van der Waals surface area contributed by atoms with E-state index in [-0.39, 0.29) is 0 Å². The van der Waals surface area contributed by atoms with Gasteiger partial charge in [0.25, 0.3) is 0 Å². The Labute approximate surface area is 110 Å². The largest absolute Gasteiger partial charge is 0.337 e. The highest BCUT2D eigenvalue weighted by atomic mass is 15.2. The van der Waals surface area contributed by atoms with Crippen molar-refractivity contribution in [1.82, 2.24) is 15.3 Å². The molecule has 1 N–H and O–H groups in total. The van der Waals surface area contributed by atoms with Gasteiger partial charge in [-0.25, -0.2) is 9.97 Å². The average Bonchev–Trinajstić information content (AvgIpc) is 2.34. The van der Waals surface area contributed by atoms with Crippen LogP contribution < -0.4 is 10.2 Å². The summed E-state index contributed by atoms with van der Waals surface area (Å²) in [4.78, 5) is 11.1. The lowest BCUT2D eigenvalue weighted by atomic mass is 10.2. The lowest BCUT2D eigenvalue weighted by molar-refractivity contribution is 0.584. The van der Waals surface area contributed by atoms with Crippen molar-refractivity contribution in [2.24, 2.45) is 0 Å². The Morgan fingerprint density at radius 3 is 2.72 bits per heavy atom. The van der Waals surface area contributed by atoms with Crippen molar-refractivity contribution in [2.75, 3.05) is 18.0 Å². The molecule has 1 heterocycles. The van der Waals surface area contributed by atoms with Gasteiger partial charge in [0.05, 0.1) is 0 Å². The van der Waals surface area contributed by atoms with Crippen LogP contribution >= 0.6 is 0 Å². The summed E-state index contributed by atoms with van der Waals surface area (Å²) in [5.74, 6) is 0.781. The van der Waals surface area contributed by atoms with E-state index in [1.54, 1.807) is 0 Å². The number of anilines is 1. The molecular formula is C14H24N4. The second-order valence-corrected chi connectivity index (χ2v) is 4.64. The highest BCUT2D eigenvalue weighted by Crippen LogP contribution is 2.11. The number of rotatable bonds is 7. The molecule has 0 saturated carbocycles. The molecule has 4 nitrogen and oxygen atoms in total. The molecule has 0 bridgehead atoms. The third-order valence-electron chi connectivity index (χ3n) is 2.78.